The maximum absolute atomic E-state index is 12.8. The molecule has 0 radical (unpaired) electrons. The van der Waals surface area contributed by atoms with Crippen molar-refractivity contribution >= 4 is 27.6 Å². The van der Waals surface area contributed by atoms with E-state index in [-0.39, 0.29) is 43.3 Å². The fraction of sp³-hybridized carbons (Fsp3) is 0.850. The highest BCUT2D eigenvalue weighted by Gasteiger charge is 2.34. The largest absolute Gasteiger partial charge is 0.391 e. The molecule has 1 heterocycles. The van der Waals surface area contributed by atoms with E-state index in [0.717, 1.165) is 0 Å². The van der Waals surface area contributed by atoms with E-state index >= 15 is 0 Å². The summed E-state index contributed by atoms with van der Waals surface area (Å²) in [7, 11) is -3.48. The van der Waals surface area contributed by atoms with Crippen LogP contribution in [0.1, 0.15) is 47.0 Å². The van der Waals surface area contributed by atoms with Crippen LogP contribution in [0.5, 0.6) is 0 Å². The van der Waals surface area contributed by atoms with E-state index < -0.39 is 52.0 Å². The molecule has 12 heteroatoms. The van der Waals surface area contributed by atoms with Crippen LogP contribution in [0.3, 0.4) is 0 Å². The Balaban J connectivity index is 2.78. The average molecular weight is 478 g/mol. The molecule has 1 fully saturated rings. The highest BCUT2D eigenvalue weighted by atomic mass is 32.2. The van der Waals surface area contributed by atoms with Crippen molar-refractivity contribution in [1.29, 1.82) is 0 Å². The van der Waals surface area contributed by atoms with Crippen LogP contribution in [0.15, 0.2) is 0 Å². The summed E-state index contributed by atoms with van der Waals surface area (Å²) in [4.78, 5) is 37.5. The molecule has 0 aromatic heterocycles. The Morgan fingerprint density at radius 2 is 1.81 bits per heavy atom. The van der Waals surface area contributed by atoms with Gasteiger partial charge in [-0.25, -0.2) is 13.1 Å². The number of nitrogens with one attached hydrogen (secondary N) is 4. The molecule has 0 aromatic carbocycles. The highest BCUT2D eigenvalue weighted by Crippen LogP contribution is 2.14. The number of piperidine rings is 1. The van der Waals surface area contributed by atoms with Crippen molar-refractivity contribution in [3.8, 4) is 0 Å². The van der Waals surface area contributed by atoms with Crippen molar-refractivity contribution in [2.24, 2.45) is 17.6 Å². The Bertz CT molecular complexity index is 743. The smallest absolute Gasteiger partial charge is 0.245 e. The molecule has 0 aliphatic carbocycles. The molecule has 0 spiro atoms. The molecule has 0 saturated carbocycles. The van der Waals surface area contributed by atoms with Gasteiger partial charge in [-0.3, -0.25) is 14.4 Å². The van der Waals surface area contributed by atoms with Gasteiger partial charge in [-0.1, -0.05) is 20.8 Å². The Kier molecular flexibility index (Phi) is 11.7. The molecule has 0 aromatic rings. The predicted molar refractivity (Wildman–Crippen MR) is 121 cm³/mol. The molecule has 5 atom stereocenters. The van der Waals surface area contributed by atoms with Crippen LogP contribution in [0.25, 0.3) is 0 Å². The fourth-order valence-electron chi connectivity index (χ4n) is 3.64. The minimum atomic E-state index is -3.48. The van der Waals surface area contributed by atoms with Crippen LogP contribution in [0, 0.1) is 11.8 Å². The molecule has 1 rings (SSSR count). The molecule has 32 heavy (non-hydrogen) atoms. The zero-order valence-electron chi connectivity index (χ0n) is 19.4. The molecule has 0 bridgehead atoms. The summed E-state index contributed by atoms with van der Waals surface area (Å²) in [5, 5.41) is 18.2. The third-order valence-corrected chi connectivity index (χ3v) is 6.99. The Hall–Kier alpha value is -1.60. The van der Waals surface area contributed by atoms with E-state index in [9.17, 15) is 27.9 Å². The fourth-order valence-corrected chi connectivity index (χ4v) is 5.30. The van der Waals surface area contributed by atoms with E-state index in [2.05, 4.69) is 20.7 Å². The predicted octanol–water partition coefficient (Wildman–Crippen LogP) is -1.78. The van der Waals surface area contributed by atoms with E-state index in [1.807, 2.05) is 13.8 Å². The van der Waals surface area contributed by atoms with Gasteiger partial charge in [0.25, 0.3) is 0 Å². The number of sulfonamides is 1. The quantitative estimate of drug-likeness (QED) is 0.180. The van der Waals surface area contributed by atoms with Gasteiger partial charge in [-0.15, -0.1) is 0 Å². The minimum Gasteiger partial charge on any atom is -0.391 e. The monoisotopic (exact) mass is 477 g/mol. The van der Waals surface area contributed by atoms with Crippen LogP contribution >= 0.6 is 0 Å². The second-order valence-electron chi connectivity index (χ2n) is 8.77. The molecule has 2 amide bonds. The van der Waals surface area contributed by atoms with Crippen molar-refractivity contribution in [2.45, 2.75) is 71.2 Å². The lowest BCUT2D eigenvalue weighted by molar-refractivity contribution is -0.135. The summed E-state index contributed by atoms with van der Waals surface area (Å²) in [5.74, 6) is -1.98. The van der Waals surface area contributed by atoms with Crippen LogP contribution in [0.4, 0.5) is 0 Å². The molecular weight excluding hydrogens is 438 g/mol. The Labute approximate surface area is 190 Å². The number of hydrogen-bond donors (Lipinski definition) is 6. The average Bonchev–Trinajstić information content (AvgIpc) is 2.69. The van der Waals surface area contributed by atoms with Crippen LogP contribution in [-0.4, -0.2) is 80.7 Å². The first-order valence-corrected chi connectivity index (χ1v) is 12.8. The Morgan fingerprint density at radius 3 is 2.34 bits per heavy atom. The first-order chi connectivity index (χ1) is 14.9. The molecule has 11 nitrogen and oxygen atoms in total. The maximum atomic E-state index is 12.8. The van der Waals surface area contributed by atoms with Gasteiger partial charge < -0.3 is 26.8 Å². The van der Waals surface area contributed by atoms with Gasteiger partial charge in [0.1, 0.15) is 6.04 Å². The van der Waals surface area contributed by atoms with Crippen molar-refractivity contribution in [2.75, 3.05) is 25.4 Å². The van der Waals surface area contributed by atoms with Gasteiger partial charge in [0.15, 0.2) is 5.78 Å². The normalized spacial score (nSPS) is 22.1. The van der Waals surface area contributed by atoms with Gasteiger partial charge in [0.05, 0.1) is 23.8 Å². The number of ketones is 1. The van der Waals surface area contributed by atoms with Gasteiger partial charge in [-0.2, -0.15) is 0 Å². The summed E-state index contributed by atoms with van der Waals surface area (Å²) < 4.78 is 27.1. The van der Waals surface area contributed by atoms with Gasteiger partial charge >= 0.3 is 0 Å². The number of carbonyl (C=O) groups is 3. The standard InChI is InChI=1S/C20H39N5O6S/c1-5-17(27)16(6-7-21)23-20(29)18(13(4)26)24-19(28)14-8-15(10-22-9-14)25-32(30,31)11-12(2)3/h12-16,18,22,25-26H,5-11,21H2,1-4H3,(H,23,29)(H,24,28)/t13-,14?,15?,16-,18-/m0/s1. The number of hydrogen-bond acceptors (Lipinski definition) is 8. The van der Waals surface area contributed by atoms with Crippen molar-refractivity contribution in [1.82, 2.24) is 20.7 Å². The number of Topliss-reactive ketones (excluding diaryl/α,β-unsaturated/α-hetero) is 1. The third kappa shape index (κ3) is 9.49. The Morgan fingerprint density at radius 1 is 1.16 bits per heavy atom. The second kappa shape index (κ2) is 13.2. The first-order valence-electron chi connectivity index (χ1n) is 11.1. The number of aliphatic hydroxyl groups excluding tert-OH is 1. The molecule has 1 aliphatic rings. The number of aliphatic hydroxyl groups is 1. The lowest BCUT2D eigenvalue weighted by Gasteiger charge is -2.31. The topological polar surface area (TPSA) is 180 Å². The highest BCUT2D eigenvalue weighted by molar-refractivity contribution is 7.89. The third-order valence-electron chi connectivity index (χ3n) is 5.19. The summed E-state index contributed by atoms with van der Waals surface area (Å²) in [6, 6.07) is -2.50. The van der Waals surface area contributed by atoms with Crippen LogP contribution in [-0.2, 0) is 24.4 Å². The number of carbonyl (C=O) groups excluding carboxylic acids is 3. The zero-order chi connectivity index (χ0) is 24.5. The molecule has 2 unspecified atom stereocenters. The van der Waals surface area contributed by atoms with Gasteiger partial charge in [0, 0.05) is 25.6 Å². The van der Waals surface area contributed by atoms with Gasteiger partial charge in [0.2, 0.25) is 21.8 Å². The zero-order valence-corrected chi connectivity index (χ0v) is 20.2. The van der Waals surface area contributed by atoms with E-state index in [0.29, 0.717) is 13.1 Å². The molecule has 7 N–H and O–H groups in total. The van der Waals surface area contributed by atoms with E-state index in [4.69, 9.17) is 5.73 Å². The summed E-state index contributed by atoms with van der Waals surface area (Å²) in [5.41, 5.74) is 5.52. The van der Waals surface area contributed by atoms with E-state index in [1.165, 1.54) is 6.92 Å². The minimum absolute atomic E-state index is 0.00885. The van der Waals surface area contributed by atoms with Crippen molar-refractivity contribution < 1.29 is 27.9 Å². The maximum Gasteiger partial charge on any atom is 0.245 e. The lowest BCUT2D eigenvalue weighted by Crippen LogP contribution is -2.59. The van der Waals surface area contributed by atoms with Crippen LogP contribution in [0.2, 0.25) is 0 Å². The summed E-state index contributed by atoms with van der Waals surface area (Å²) in [6.45, 7) is 7.56. The number of nitrogens with two attached hydrogens (primary N) is 1. The molecule has 1 aliphatic heterocycles. The number of rotatable bonds is 13. The molecule has 186 valence electrons. The lowest BCUT2D eigenvalue weighted by atomic mass is 9.95. The first kappa shape index (κ1) is 28.4. The second-order valence-corrected chi connectivity index (χ2v) is 10.6. The summed E-state index contributed by atoms with van der Waals surface area (Å²) >= 11 is 0. The van der Waals surface area contributed by atoms with Crippen molar-refractivity contribution in [3.63, 3.8) is 0 Å². The van der Waals surface area contributed by atoms with Gasteiger partial charge in [-0.05, 0) is 32.2 Å². The van der Waals surface area contributed by atoms with E-state index in [1.54, 1.807) is 6.92 Å². The molecular formula is C20H39N5O6S. The van der Waals surface area contributed by atoms with Crippen LogP contribution < -0.4 is 26.4 Å². The summed E-state index contributed by atoms with van der Waals surface area (Å²) in [6.07, 6.45) is -0.470. The van der Waals surface area contributed by atoms with Crippen molar-refractivity contribution in [3.05, 3.63) is 0 Å². The number of amides is 2. The SMILES string of the molecule is CCC(=O)[C@H](CCN)NC(=O)[C@@H](NC(=O)C1CNCC(NS(=O)(=O)CC(C)C)C1)[C@H](C)O. The molecule has 1 saturated heterocycles.